The number of carbonyl (C=O) groups is 1. The van der Waals surface area contributed by atoms with Crippen molar-refractivity contribution in [2.24, 2.45) is 0 Å². The van der Waals surface area contributed by atoms with E-state index in [0.29, 0.717) is 16.7 Å². The van der Waals surface area contributed by atoms with Crippen molar-refractivity contribution in [3.8, 4) is 17.2 Å². The summed E-state index contributed by atoms with van der Waals surface area (Å²) in [7, 11) is 1.33. The molecule has 1 aromatic carbocycles. The van der Waals surface area contributed by atoms with Crippen molar-refractivity contribution in [1.29, 1.82) is 5.26 Å². The second-order valence-corrected chi connectivity index (χ2v) is 6.43. The van der Waals surface area contributed by atoms with Crippen LogP contribution in [0.5, 0.6) is 0 Å². The highest BCUT2D eigenvalue weighted by molar-refractivity contribution is 5.91. The van der Waals surface area contributed by atoms with Crippen LogP contribution in [0.1, 0.15) is 41.4 Å². The van der Waals surface area contributed by atoms with Crippen LogP contribution in [0, 0.1) is 11.3 Å². The number of hydrogen-bond donors (Lipinski definition) is 3. The molecule has 7 heteroatoms. The molecule has 0 aliphatic carbocycles. The molecule has 4 N–H and O–H groups in total. The number of carbonyl (C=O) groups excluding carboxylic acids is 1. The minimum Gasteiger partial charge on any atom is -0.465 e. The van der Waals surface area contributed by atoms with E-state index in [4.69, 9.17) is 10.5 Å². The number of nitrogen functional groups attached to an aromatic ring is 1. The topological polar surface area (TPSA) is 113 Å². The van der Waals surface area contributed by atoms with E-state index >= 15 is 0 Å². The summed E-state index contributed by atoms with van der Waals surface area (Å²) in [6.45, 7) is 4.13. The Balaban J connectivity index is 2.15. The van der Waals surface area contributed by atoms with Gasteiger partial charge in [0.2, 0.25) is 0 Å². The number of hydrogen-bond acceptors (Lipinski definition) is 7. The summed E-state index contributed by atoms with van der Waals surface area (Å²) >= 11 is 0. The molecule has 2 heterocycles. The molecule has 1 aromatic heterocycles. The van der Waals surface area contributed by atoms with E-state index in [1.807, 2.05) is 12.1 Å². The van der Waals surface area contributed by atoms with E-state index in [1.54, 1.807) is 18.2 Å². The quantitative estimate of drug-likeness (QED) is 0.724. The van der Waals surface area contributed by atoms with Crippen LogP contribution in [-0.4, -0.2) is 30.1 Å². The molecule has 2 aromatic rings. The second-order valence-electron chi connectivity index (χ2n) is 6.43. The number of aromatic nitrogens is 1. The van der Waals surface area contributed by atoms with E-state index in [2.05, 4.69) is 35.8 Å². The van der Waals surface area contributed by atoms with Crippen molar-refractivity contribution < 1.29 is 9.53 Å². The van der Waals surface area contributed by atoms with E-state index in [0.717, 1.165) is 11.3 Å². The van der Waals surface area contributed by atoms with Crippen LogP contribution in [0.4, 0.5) is 5.82 Å². The van der Waals surface area contributed by atoms with Gasteiger partial charge in [-0.1, -0.05) is 12.1 Å². The Morgan fingerprint density at radius 3 is 2.58 bits per heavy atom. The van der Waals surface area contributed by atoms with Gasteiger partial charge >= 0.3 is 5.97 Å². The number of hydrazine groups is 1. The number of esters is 1. The summed E-state index contributed by atoms with van der Waals surface area (Å²) < 4.78 is 4.78. The third-order valence-electron chi connectivity index (χ3n) is 4.73. The fourth-order valence-electron chi connectivity index (χ4n) is 3.42. The van der Waals surface area contributed by atoms with Gasteiger partial charge in [0.1, 0.15) is 17.5 Å². The molecule has 0 spiro atoms. The first-order valence-corrected chi connectivity index (χ1v) is 8.36. The average Bonchev–Trinajstić information content (AvgIpc) is 2.98. The lowest BCUT2D eigenvalue weighted by Crippen LogP contribution is -2.30. The summed E-state index contributed by atoms with van der Waals surface area (Å²) in [6, 6.07) is 11.3. The molecule has 26 heavy (non-hydrogen) atoms. The number of pyridine rings is 1. The zero-order valence-corrected chi connectivity index (χ0v) is 14.9. The van der Waals surface area contributed by atoms with Crippen molar-refractivity contribution in [3.05, 3.63) is 47.2 Å². The number of nitrogens with one attached hydrogen (secondary N) is 2. The Hall–Kier alpha value is -2.95. The molecule has 1 aliphatic heterocycles. The Morgan fingerprint density at radius 1 is 1.27 bits per heavy atom. The maximum absolute atomic E-state index is 11.8. The third kappa shape index (κ3) is 3.12. The van der Waals surface area contributed by atoms with Crippen LogP contribution in [0.25, 0.3) is 11.1 Å². The van der Waals surface area contributed by atoms with Crippen molar-refractivity contribution in [2.45, 2.75) is 31.8 Å². The van der Waals surface area contributed by atoms with Crippen LogP contribution in [-0.2, 0) is 4.74 Å². The Labute approximate surface area is 152 Å². The number of rotatable bonds is 3. The predicted molar refractivity (Wildman–Crippen MR) is 98.1 cm³/mol. The highest BCUT2D eigenvalue weighted by Gasteiger charge is 2.33. The molecular formula is C19H21N5O2. The zero-order chi connectivity index (χ0) is 18.8. The molecule has 3 rings (SSSR count). The SMILES string of the molecule is COC(=O)c1cccc(-c2cc(C3C(C)NNC3C)nc(N)c2C#N)c1. The third-order valence-corrected chi connectivity index (χ3v) is 4.73. The van der Waals surface area contributed by atoms with E-state index < -0.39 is 5.97 Å². The fraction of sp³-hybridized carbons (Fsp3) is 0.316. The predicted octanol–water partition coefficient (Wildman–Crippen LogP) is 1.96. The van der Waals surface area contributed by atoms with Gasteiger partial charge in [-0.05, 0) is 37.6 Å². The molecule has 134 valence electrons. The zero-order valence-electron chi connectivity index (χ0n) is 14.9. The molecule has 2 unspecified atom stereocenters. The van der Waals surface area contributed by atoms with Crippen LogP contribution >= 0.6 is 0 Å². The first-order chi connectivity index (χ1) is 12.5. The molecule has 1 saturated heterocycles. The van der Waals surface area contributed by atoms with E-state index in [1.165, 1.54) is 7.11 Å². The van der Waals surface area contributed by atoms with Crippen LogP contribution in [0.3, 0.4) is 0 Å². The first kappa shape index (κ1) is 17.9. The highest BCUT2D eigenvalue weighted by Crippen LogP contribution is 2.33. The summed E-state index contributed by atoms with van der Waals surface area (Å²) in [6.07, 6.45) is 0. The van der Waals surface area contributed by atoms with Crippen molar-refractivity contribution >= 4 is 11.8 Å². The first-order valence-electron chi connectivity index (χ1n) is 8.36. The normalized spacial score (nSPS) is 22.0. The molecule has 1 fully saturated rings. The van der Waals surface area contributed by atoms with Gasteiger partial charge in [-0.3, -0.25) is 10.9 Å². The Morgan fingerprint density at radius 2 is 1.96 bits per heavy atom. The minimum absolute atomic E-state index is 0.104. The van der Waals surface area contributed by atoms with Crippen LogP contribution in [0.2, 0.25) is 0 Å². The molecule has 2 atom stereocenters. The Bertz CT molecular complexity index is 880. The summed E-state index contributed by atoms with van der Waals surface area (Å²) in [5.74, 6) is -0.138. The standard InChI is InChI=1S/C19H21N5O2/c1-10-17(11(2)24-23-10)16-8-14(15(9-20)18(21)22-16)12-5-4-6-13(7-12)19(25)26-3/h4-8,10-11,17,23-24H,1-3H3,(H2,21,22). The lowest BCUT2D eigenvalue weighted by molar-refractivity contribution is 0.0601. The van der Waals surface area contributed by atoms with Gasteiger partial charge in [0.05, 0.1) is 12.7 Å². The van der Waals surface area contributed by atoms with Gasteiger partial charge in [-0.25, -0.2) is 9.78 Å². The van der Waals surface area contributed by atoms with Crippen LogP contribution < -0.4 is 16.6 Å². The number of benzene rings is 1. The number of methoxy groups -OCH3 is 1. The number of ether oxygens (including phenoxy) is 1. The molecule has 0 saturated carbocycles. The summed E-state index contributed by atoms with van der Waals surface area (Å²) in [5, 5.41) is 9.56. The average molecular weight is 351 g/mol. The number of nitrogens with zero attached hydrogens (tertiary/aromatic N) is 2. The number of nitrogens with two attached hydrogens (primary N) is 1. The number of anilines is 1. The summed E-state index contributed by atoms with van der Waals surface area (Å²) in [4.78, 5) is 16.3. The molecule has 1 aliphatic rings. The fourth-order valence-corrected chi connectivity index (χ4v) is 3.42. The highest BCUT2D eigenvalue weighted by atomic mass is 16.5. The van der Waals surface area contributed by atoms with Gasteiger partial charge < -0.3 is 10.5 Å². The van der Waals surface area contributed by atoms with Crippen LogP contribution in [0.15, 0.2) is 30.3 Å². The molecule has 7 nitrogen and oxygen atoms in total. The van der Waals surface area contributed by atoms with Crippen molar-refractivity contribution in [3.63, 3.8) is 0 Å². The van der Waals surface area contributed by atoms with Gasteiger partial charge in [-0.15, -0.1) is 0 Å². The van der Waals surface area contributed by atoms with Gasteiger partial charge in [-0.2, -0.15) is 5.26 Å². The molecular weight excluding hydrogens is 330 g/mol. The van der Waals surface area contributed by atoms with Gasteiger partial charge in [0.15, 0.2) is 0 Å². The number of nitriles is 1. The molecule has 0 amide bonds. The van der Waals surface area contributed by atoms with Gasteiger partial charge in [0.25, 0.3) is 0 Å². The molecule has 0 bridgehead atoms. The lowest BCUT2D eigenvalue weighted by Gasteiger charge is -2.19. The second kappa shape index (κ2) is 7.12. The largest absolute Gasteiger partial charge is 0.465 e. The maximum Gasteiger partial charge on any atom is 0.337 e. The van der Waals surface area contributed by atoms with Crippen molar-refractivity contribution in [1.82, 2.24) is 15.8 Å². The molecule has 0 radical (unpaired) electrons. The maximum atomic E-state index is 11.8. The van der Waals surface area contributed by atoms with E-state index in [-0.39, 0.29) is 23.8 Å². The minimum atomic E-state index is -0.431. The lowest BCUT2D eigenvalue weighted by atomic mass is 9.89. The van der Waals surface area contributed by atoms with Gasteiger partial charge in [0, 0.05) is 29.3 Å². The van der Waals surface area contributed by atoms with E-state index in [9.17, 15) is 10.1 Å². The van der Waals surface area contributed by atoms with Crippen molar-refractivity contribution in [2.75, 3.05) is 12.8 Å². The summed E-state index contributed by atoms with van der Waals surface area (Å²) in [5.41, 5.74) is 15.4. The smallest absolute Gasteiger partial charge is 0.337 e. The Kier molecular flexibility index (Phi) is 4.89. The monoisotopic (exact) mass is 351 g/mol.